The van der Waals surface area contributed by atoms with Crippen LogP contribution in [0, 0.1) is 0 Å². The summed E-state index contributed by atoms with van der Waals surface area (Å²) in [6.45, 7) is 0.968. The van der Waals surface area contributed by atoms with Gasteiger partial charge in [-0.05, 0) is 28.1 Å². The number of methoxy groups -OCH3 is 1. The van der Waals surface area contributed by atoms with E-state index in [2.05, 4.69) is 26.0 Å². The molecule has 0 aliphatic heterocycles. The van der Waals surface area contributed by atoms with Crippen LogP contribution in [0.1, 0.15) is 4.88 Å². The van der Waals surface area contributed by atoms with Crippen molar-refractivity contribution >= 4 is 39.3 Å². The van der Waals surface area contributed by atoms with Gasteiger partial charge in [0.15, 0.2) is 6.54 Å². The topological polar surface area (TPSA) is 59.8 Å². The van der Waals surface area contributed by atoms with Crippen molar-refractivity contribution < 1.29 is 19.2 Å². The summed E-state index contributed by atoms with van der Waals surface area (Å²) in [7, 11) is 3.12. The largest absolute Gasteiger partial charge is 0.453 e. The lowest BCUT2D eigenvalue weighted by molar-refractivity contribution is -0.885. The van der Waals surface area contributed by atoms with E-state index in [9.17, 15) is 9.59 Å². The fourth-order valence-electron chi connectivity index (χ4n) is 1.29. The third-order valence-electron chi connectivity index (χ3n) is 1.99. The van der Waals surface area contributed by atoms with Gasteiger partial charge in [0.25, 0.3) is 5.91 Å². The molecule has 1 aromatic rings. The number of alkyl carbamates (subject to hydrolysis) is 1. The maximum Gasteiger partial charge on any atom is 0.413 e. The van der Waals surface area contributed by atoms with Gasteiger partial charge >= 0.3 is 6.09 Å². The SMILES string of the molecule is COC(=O)NC(=O)C[NH+](C)Cc1ccc(Br)s1. The molecule has 5 nitrogen and oxygen atoms in total. The molecule has 0 saturated heterocycles. The Hall–Kier alpha value is -0.920. The van der Waals surface area contributed by atoms with Crippen molar-refractivity contribution in [3.05, 3.63) is 20.8 Å². The fraction of sp³-hybridized carbons (Fsp3) is 0.400. The predicted octanol–water partition coefficient (Wildman–Crippen LogP) is 0.408. The van der Waals surface area contributed by atoms with Crippen LogP contribution in [-0.2, 0) is 16.1 Å². The van der Waals surface area contributed by atoms with Gasteiger partial charge in [-0.3, -0.25) is 10.1 Å². The highest BCUT2D eigenvalue weighted by Gasteiger charge is 2.14. The average Bonchev–Trinajstić information content (AvgIpc) is 2.63. The second-order valence-electron chi connectivity index (χ2n) is 3.56. The Labute approximate surface area is 112 Å². The van der Waals surface area contributed by atoms with E-state index in [0.717, 1.165) is 15.2 Å². The molecule has 0 aliphatic rings. The first kappa shape index (κ1) is 14.1. The van der Waals surface area contributed by atoms with Crippen molar-refractivity contribution in [2.75, 3.05) is 20.7 Å². The standard InChI is InChI=1S/C10H13BrN2O3S/c1-13(5-7-3-4-8(11)17-7)6-9(14)12-10(15)16-2/h3-4H,5-6H2,1-2H3,(H,12,14,15)/p+1. The number of carbonyl (C=O) groups is 2. The number of nitrogens with one attached hydrogen (secondary N) is 2. The van der Waals surface area contributed by atoms with Crippen LogP contribution >= 0.6 is 27.3 Å². The van der Waals surface area contributed by atoms with Crippen molar-refractivity contribution in [1.82, 2.24) is 5.32 Å². The Balaban J connectivity index is 2.36. The molecule has 0 bridgehead atoms. The van der Waals surface area contributed by atoms with Crippen LogP contribution < -0.4 is 10.2 Å². The Morgan fingerprint density at radius 2 is 2.24 bits per heavy atom. The molecule has 1 rings (SSSR count). The van der Waals surface area contributed by atoms with Gasteiger partial charge in [-0.25, -0.2) is 4.79 Å². The van der Waals surface area contributed by atoms with Crippen LogP contribution in [0.5, 0.6) is 0 Å². The molecule has 0 radical (unpaired) electrons. The van der Waals surface area contributed by atoms with E-state index >= 15 is 0 Å². The summed E-state index contributed by atoms with van der Waals surface area (Å²) in [4.78, 5) is 24.4. The number of halogens is 1. The first-order chi connectivity index (χ1) is 8.01. The molecule has 2 amide bonds. The lowest BCUT2D eigenvalue weighted by Crippen LogP contribution is -3.08. The van der Waals surface area contributed by atoms with Crippen LogP contribution in [0.4, 0.5) is 4.79 Å². The molecule has 2 N–H and O–H groups in total. The summed E-state index contributed by atoms with van der Waals surface area (Å²) in [6.07, 6.45) is -0.721. The molecule has 1 heterocycles. The molecule has 1 atom stereocenters. The highest BCUT2D eigenvalue weighted by molar-refractivity contribution is 9.11. The number of ether oxygens (including phenoxy) is 1. The van der Waals surface area contributed by atoms with E-state index in [1.807, 2.05) is 19.2 Å². The first-order valence-corrected chi connectivity index (χ1v) is 6.55. The van der Waals surface area contributed by atoms with Crippen LogP contribution in [0.15, 0.2) is 15.9 Å². The van der Waals surface area contributed by atoms with Gasteiger partial charge in [0.05, 0.1) is 22.8 Å². The van der Waals surface area contributed by atoms with E-state index in [4.69, 9.17) is 0 Å². The molecule has 1 aromatic heterocycles. The van der Waals surface area contributed by atoms with Gasteiger partial charge in [0.2, 0.25) is 0 Å². The summed E-state index contributed by atoms with van der Waals surface area (Å²) in [5.74, 6) is -0.343. The highest BCUT2D eigenvalue weighted by atomic mass is 79.9. The van der Waals surface area contributed by atoms with E-state index in [1.165, 1.54) is 12.0 Å². The minimum absolute atomic E-state index is 0.227. The molecular weight excluding hydrogens is 308 g/mol. The number of quaternary nitrogens is 1. The number of carbonyl (C=O) groups excluding carboxylic acids is 2. The van der Waals surface area contributed by atoms with E-state index < -0.39 is 6.09 Å². The van der Waals surface area contributed by atoms with Crippen molar-refractivity contribution in [1.29, 1.82) is 0 Å². The number of likely N-dealkylation sites (N-methyl/N-ethyl adjacent to an activating group) is 1. The Bertz CT molecular complexity index is 408. The minimum atomic E-state index is -0.721. The van der Waals surface area contributed by atoms with Crippen molar-refractivity contribution in [3.8, 4) is 0 Å². The van der Waals surface area contributed by atoms with Gasteiger partial charge in [-0.1, -0.05) is 0 Å². The van der Waals surface area contributed by atoms with Gasteiger partial charge in [-0.2, -0.15) is 0 Å². The molecule has 1 unspecified atom stereocenters. The van der Waals surface area contributed by atoms with Gasteiger partial charge < -0.3 is 9.64 Å². The van der Waals surface area contributed by atoms with Crippen LogP contribution in [0.25, 0.3) is 0 Å². The Morgan fingerprint density at radius 1 is 1.53 bits per heavy atom. The monoisotopic (exact) mass is 321 g/mol. The quantitative estimate of drug-likeness (QED) is 0.844. The molecular formula is C10H14BrN2O3S+. The summed E-state index contributed by atoms with van der Waals surface area (Å²) < 4.78 is 5.41. The maximum atomic E-state index is 11.4. The van der Waals surface area contributed by atoms with Crippen molar-refractivity contribution in [3.63, 3.8) is 0 Å². The van der Waals surface area contributed by atoms with Crippen LogP contribution in [0.2, 0.25) is 0 Å². The zero-order chi connectivity index (χ0) is 12.8. The Morgan fingerprint density at radius 3 is 2.76 bits per heavy atom. The highest BCUT2D eigenvalue weighted by Crippen LogP contribution is 2.20. The van der Waals surface area contributed by atoms with Crippen LogP contribution in [-0.4, -0.2) is 32.7 Å². The average molecular weight is 322 g/mol. The van der Waals surface area contributed by atoms with Crippen molar-refractivity contribution in [2.45, 2.75) is 6.54 Å². The van der Waals surface area contributed by atoms with Crippen LogP contribution in [0.3, 0.4) is 0 Å². The molecule has 0 fully saturated rings. The lowest BCUT2D eigenvalue weighted by atomic mass is 10.4. The minimum Gasteiger partial charge on any atom is -0.453 e. The number of thiophene rings is 1. The smallest absolute Gasteiger partial charge is 0.413 e. The Kier molecular flexibility index (Phi) is 5.60. The summed E-state index contributed by atoms with van der Waals surface area (Å²) in [5, 5.41) is 2.12. The first-order valence-electron chi connectivity index (χ1n) is 4.94. The van der Waals surface area contributed by atoms with E-state index in [0.29, 0.717) is 0 Å². The second-order valence-corrected chi connectivity index (χ2v) is 6.10. The lowest BCUT2D eigenvalue weighted by Gasteiger charge is -2.11. The molecule has 0 spiro atoms. The molecule has 0 aliphatic carbocycles. The normalized spacial score (nSPS) is 11.9. The fourth-order valence-corrected chi connectivity index (χ4v) is 2.89. The van der Waals surface area contributed by atoms with Crippen molar-refractivity contribution in [2.24, 2.45) is 0 Å². The third kappa shape index (κ3) is 5.29. The molecule has 94 valence electrons. The zero-order valence-corrected chi connectivity index (χ0v) is 12.0. The molecule has 0 aromatic carbocycles. The molecule has 17 heavy (non-hydrogen) atoms. The summed E-state index contributed by atoms with van der Waals surface area (Å²) in [5.41, 5.74) is 0. The summed E-state index contributed by atoms with van der Waals surface area (Å²) >= 11 is 5.02. The predicted molar refractivity (Wildman–Crippen MR) is 68.0 cm³/mol. The number of hydrogen-bond acceptors (Lipinski definition) is 4. The third-order valence-corrected chi connectivity index (χ3v) is 3.62. The van der Waals surface area contributed by atoms with Gasteiger partial charge in [-0.15, -0.1) is 11.3 Å². The van der Waals surface area contributed by atoms with E-state index in [1.54, 1.807) is 11.3 Å². The number of imide groups is 1. The zero-order valence-electron chi connectivity index (χ0n) is 9.58. The maximum absolute atomic E-state index is 11.4. The summed E-state index contributed by atoms with van der Waals surface area (Å²) in [6, 6.07) is 3.98. The number of amides is 2. The van der Waals surface area contributed by atoms with Gasteiger partial charge in [0.1, 0.15) is 6.54 Å². The number of hydrogen-bond donors (Lipinski definition) is 2. The number of rotatable bonds is 4. The van der Waals surface area contributed by atoms with Gasteiger partial charge in [0, 0.05) is 0 Å². The molecule has 0 saturated carbocycles. The molecule has 7 heteroatoms. The second kappa shape index (κ2) is 6.73. The van der Waals surface area contributed by atoms with E-state index in [-0.39, 0.29) is 12.5 Å².